The van der Waals surface area contributed by atoms with Crippen molar-refractivity contribution >= 4 is 22.7 Å². The molecular formula is C21H29N3O2. The summed E-state index contributed by atoms with van der Waals surface area (Å²) < 4.78 is 5.46. The predicted octanol–water partition coefficient (Wildman–Crippen LogP) is 4.24. The lowest BCUT2D eigenvalue weighted by molar-refractivity contribution is 0.0277. The smallest absolute Gasteiger partial charge is 0.410 e. The number of ether oxygens (including phenoxy) is 1. The molecular weight excluding hydrogens is 326 g/mol. The number of anilines is 1. The Labute approximate surface area is 156 Å². The van der Waals surface area contributed by atoms with Crippen molar-refractivity contribution in [2.24, 2.45) is 5.92 Å². The summed E-state index contributed by atoms with van der Waals surface area (Å²) in [6.07, 6.45) is 0.823. The van der Waals surface area contributed by atoms with Crippen molar-refractivity contribution in [2.75, 3.05) is 31.6 Å². The van der Waals surface area contributed by atoms with Crippen molar-refractivity contribution in [3.05, 3.63) is 36.0 Å². The number of hydrogen-bond acceptors (Lipinski definition) is 4. The van der Waals surface area contributed by atoms with Gasteiger partial charge in [0.1, 0.15) is 5.60 Å². The van der Waals surface area contributed by atoms with Gasteiger partial charge in [0, 0.05) is 43.4 Å². The van der Waals surface area contributed by atoms with E-state index in [1.807, 2.05) is 40.8 Å². The molecule has 0 aliphatic carbocycles. The van der Waals surface area contributed by atoms with Crippen LogP contribution in [0.15, 0.2) is 30.3 Å². The van der Waals surface area contributed by atoms with Crippen molar-refractivity contribution in [3.8, 4) is 0 Å². The first-order chi connectivity index (χ1) is 12.2. The molecule has 2 aromatic rings. The van der Waals surface area contributed by atoms with E-state index in [2.05, 4.69) is 34.1 Å². The van der Waals surface area contributed by atoms with Crippen LogP contribution in [0.5, 0.6) is 0 Å². The maximum Gasteiger partial charge on any atom is 0.410 e. The monoisotopic (exact) mass is 355 g/mol. The van der Waals surface area contributed by atoms with Gasteiger partial charge in [-0.15, -0.1) is 0 Å². The Kier molecular flexibility index (Phi) is 5.08. The summed E-state index contributed by atoms with van der Waals surface area (Å²) in [7, 11) is 1.82. The van der Waals surface area contributed by atoms with E-state index in [4.69, 9.17) is 4.74 Å². The molecule has 0 saturated carbocycles. The first-order valence-corrected chi connectivity index (χ1v) is 9.28. The summed E-state index contributed by atoms with van der Waals surface area (Å²) in [5, 5.41) is 1.19. The Morgan fingerprint density at radius 3 is 2.81 bits per heavy atom. The van der Waals surface area contributed by atoms with Gasteiger partial charge in [0.15, 0.2) is 0 Å². The normalized spacial score (nSPS) is 17.6. The second-order valence-electron chi connectivity index (χ2n) is 8.26. The first-order valence-electron chi connectivity index (χ1n) is 9.28. The largest absolute Gasteiger partial charge is 0.444 e. The summed E-state index contributed by atoms with van der Waals surface area (Å²) in [6, 6.07) is 10.5. The molecule has 5 nitrogen and oxygen atoms in total. The fraction of sp³-hybridized carbons (Fsp3) is 0.524. The van der Waals surface area contributed by atoms with Gasteiger partial charge in [0.05, 0.1) is 5.52 Å². The van der Waals surface area contributed by atoms with Crippen LogP contribution in [0.1, 0.15) is 32.9 Å². The van der Waals surface area contributed by atoms with Crippen LogP contribution >= 0.6 is 0 Å². The number of carbonyl (C=O) groups excluding carboxylic acids is 1. The molecule has 1 aromatic heterocycles. The first kappa shape index (κ1) is 18.5. The highest BCUT2D eigenvalue weighted by Gasteiger charge is 2.28. The maximum absolute atomic E-state index is 12.2. The molecule has 1 aliphatic rings. The molecule has 0 N–H and O–H groups in total. The van der Waals surface area contributed by atoms with E-state index in [0.717, 1.165) is 30.7 Å². The molecule has 1 amide bonds. The molecule has 26 heavy (non-hydrogen) atoms. The molecule has 2 heterocycles. The lowest BCUT2D eigenvalue weighted by Crippen LogP contribution is -2.37. The van der Waals surface area contributed by atoms with Crippen molar-refractivity contribution in [3.63, 3.8) is 0 Å². The summed E-state index contributed by atoms with van der Waals surface area (Å²) in [5.41, 5.74) is 2.86. The molecule has 1 unspecified atom stereocenters. The summed E-state index contributed by atoms with van der Waals surface area (Å²) in [4.78, 5) is 21.0. The van der Waals surface area contributed by atoms with Crippen LogP contribution in [-0.4, -0.2) is 48.3 Å². The van der Waals surface area contributed by atoms with E-state index < -0.39 is 5.60 Å². The van der Waals surface area contributed by atoms with Gasteiger partial charge in [-0.25, -0.2) is 4.79 Å². The molecule has 5 heteroatoms. The number of amides is 1. The average molecular weight is 355 g/mol. The number of aryl methyl sites for hydroxylation is 1. The van der Waals surface area contributed by atoms with E-state index in [1.54, 1.807) is 4.90 Å². The molecule has 1 aromatic carbocycles. The van der Waals surface area contributed by atoms with Crippen LogP contribution in [0.25, 0.3) is 10.9 Å². The Bertz CT molecular complexity index is 797. The van der Waals surface area contributed by atoms with Crippen molar-refractivity contribution < 1.29 is 9.53 Å². The lowest BCUT2D eigenvalue weighted by Gasteiger charge is -2.26. The van der Waals surface area contributed by atoms with Crippen LogP contribution in [0.3, 0.4) is 0 Å². The van der Waals surface area contributed by atoms with Gasteiger partial charge in [-0.05, 0) is 52.2 Å². The number of aromatic nitrogens is 1. The lowest BCUT2D eigenvalue weighted by atomic mass is 10.1. The molecule has 1 atom stereocenters. The van der Waals surface area contributed by atoms with Crippen LogP contribution in [0.2, 0.25) is 0 Å². The van der Waals surface area contributed by atoms with Gasteiger partial charge in [-0.3, -0.25) is 4.98 Å². The van der Waals surface area contributed by atoms with E-state index in [-0.39, 0.29) is 6.09 Å². The number of hydrogen-bond donors (Lipinski definition) is 0. The molecule has 3 rings (SSSR count). The molecule has 1 saturated heterocycles. The molecule has 0 bridgehead atoms. The second kappa shape index (κ2) is 7.14. The zero-order valence-electron chi connectivity index (χ0n) is 16.5. The van der Waals surface area contributed by atoms with Crippen LogP contribution in [0.4, 0.5) is 10.5 Å². The predicted molar refractivity (Wildman–Crippen MR) is 106 cm³/mol. The SMILES string of the molecule is Cc1cc(N2CCC(CN(C)C(=O)OC(C)(C)C)C2)c2ccccc2n1. The van der Waals surface area contributed by atoms with E-state index in [0.29, 0.717) is 12.5 Å². The highest BCUT2D eigenvalue weighted by atomic mass is 16.6. The number of rotatable bonds is 3. The topological polar surface area (TPSA) is 45.7 Å². The van der Waals surface area contributed by atoms with Crippen LogP contribution < -0.4 is 4.90 Å². The quantitative estimate of drug-likeness (QED) is 0.826. The van der Waals surface area contributed by atoms with Crippen molar-refractivity contribution in [1.82, 2.24) is 9.88 Å². The van der Waals surface area contributed by atoms with Crippen LogP contribution in [-0.2, 0) is 4.74 Å². The Morgan fingerprint density at radius 2 is 2.08 bits per heavy atom. The number of fused-ring (bicyclic) bond motifs is 1. The van der Waals surface area contributed by atoms with Gasteiger partial charge in [0.2, 0.25) is 0 Å². The Morgan fingerprint density at radius 1 is 1.35 bits per heavy atom. The average Bonchev–Trinajstić information content (AvgIpc) is 3.00. The van der Waals surface area contributed by atoms with Gasteiger partial charge in [-0.1, -0.05) is 18.2 Å². The highest BCUT2D eigenvalue weighted by molar-refractivity contribution is 5.92. The van der Waals surface area contributed by atoms with Gasteiger partial charge < -0.3 is 14.5 Å². The summed E-state index contributed by atoms with van der Waals surface area (Å²) >= 11 is 0. The van der Waals surface area contributed by atoms with Gasteiger partial charge in [0.25, 0.3) is 0 Å². The molecule has 140 valence electrons. The number of nitrogens with zero attached hydrogens (tertiary/aromatic N) is 3. The molecule has 0 spiro atoms. The third kappa shape index (κ3) is 4.26. The van der Waals surface area contributed by atoms with Gasteiger partial charge in [-0.2, -0.15) is 0 Å². The van der Waals surface area contributed by atoms with E-state index in [1.165, 1.54) is 11.1 Å². The fourth-order valence-corrected chi connectivity index (χ4v) is 3.55. The highest BCUT2D eigenvalue weighted by Crippen LogP contribution is 2.31. The zero-order valence-corrected chi connectivity index (χ0v) is 16.5. The number of carbonyl (C=O) groups is 1. The van der Waals surface area contributed by atoms with Crippen molar-refractivity contribution in [2.45, 2.75) is 39.7 Å². The van der Waals surface area contributed by atoms with Gasteiger partial charge >= 0.3 is 6.09 Å². The van der Waals surface area contributed by atoms with Crippen molar-refractivity contribution in [1.29, 1.82) is 0 Å². The minimum atomic E-state index is -0.458. The third-order valence-electron chi connectivity index (χ3n) is 4.69. The molecule has 1 fully saturated rings. The standard InChI is InChI=1S/C21H29N3O2/c1-15-12-19(17-8-6-7-9-18(17)22-15)24-11-10-16(14-24)13-23(5)20(25)26-21(2,3)4/h6-9,12,16H,10-11,13-14H2,1-5H3. The second-order valence-corrected chi connectivity index (χ2v) is 8.26. The number of para-hydroxylation sites is 1. The van der Waals surface area contributed by atoms with Crippen LogP contribution in [0, 0.1) is 12.8 Å². The molecule has 1 aliphatic heterocycles. The Balaban J connectivity index is 1.69. The zero-order chi connectivity index (χ0) is 18.9. The van der Waals surface area contributed by atoms with E-state index >= 15 is 0 Å². The number of benzene rings is 1. The maximum atomic E-state index is 12.2. The minimum Gasteiger partial charge on any atom is -0.444 e. The third-order valence-corrected chi connectivity index (χ3v) is 4.69. The molecule has 0 radical (unpaired) electrons. The minimum absolute atomic E-state index is 0.249. The summed E-state index contributed by atoms with van der Waals surface area (Å²) in [6.45, 7) is 10.4. The van der Waals surface area contributed by atoms with E-state index in [9.17, 15) is 4.79 Å². The fourth-order valence-electron chi connectivity index (χ4n) is 3.55. The Hall–Kier alpha value is -2.30. The summed E-state index contributed by atoms with van der Waals surface area (Å²) in [5.74, 6) is 0.444. The number of pyridine rings is 1.